The molecule has 0 atom stereocenters. The number of unbranched alkanes of at least 4 members (excludes halogenated alkanes) is 1. The first kappa shape index (κ1) is 14.0. The fourth-order valence-corrected chi connectivity index (χ4v) is 2.47. The SMILES string of the molecule is CCCCC(=O)Nc1nc(-c2ccc(Cl)cc2)cs1. The molecule has 19 heavy (non-hydrogen) atoms. The van der Waals surface area contributed by atoms with Crippen molar-refractivity contribution in [3.63, 3.8) is 0 Å². The second-order valence-electron chi connectivity index (χ2n) is 4.20. The zero-order valence-electron chi connectivity index (χ0n) is 10.6. The fraction of sp³-hybridized carbons (Fsp3) is 0.286. The van der Waals surface area contributed by atoms with Crippen LogP contribution in [0.1, 0.15) is 26.2 Å². The average Bonchev–Trinajstić information content (AvgIpc) is 2.85. The topological polar surface area (TPSA) is 42.0 Å². The Hall–Kier alpha value is -1.39. The molecule has 5 heteroatoms. The molecule has 0 aliphatic carbocycles. The normalized spacial score (nSPS) is 10.4. The summed E-state index contributed by atoms with van der Waals surface area (Å²) in [6, 6.07) is 7.49. The van der Waals surface area contributed by atoms with Crippen molar-refractivity contribution in [3.8, 4) is 11.3 Å². The van der Waals surface area contributed by atoms with Gasteiger partial charge in [-0.1, -0.05) is 37.1 Å². The maximum absolute atomic E-state index is 11.6. The van der Waals surface area contributed by atoms with Crippen molar-refractivity contribution in [1.82, 2.24) is 4.98 Å². The maximum atomic E-state index is 11.6. The molecule has 1 aromatic heterocycles. The largest absolute Gasteiger partial charge is 0.302 e. The van der Waals surface area contributed by atoms with Crippen molar-refractivity contribution in [2.45, 2.75) is 26.2 Å². The van der Waals surface area contributed by atoms with Crippen LogP contribution in [0.25, 0.3) is 11.3 Å². The maximum Gasteiger partial charge on any atom is 0.226 e. The molecule has 2 rings (SSSR count). The van der Waals surface area contributed by atoms with Gasteiger partial charge in [0.25, 0.3) is 0 Å². The zero-order chi connectivity index (χ0) is 13.7. The molecule has 0 aliphatic heterocycles. The van der Waals surface area contributed by atoms with E-state index in [0.29, 0.717) is 16.6 Å². The lowest BCUT2D eigenvalue weighted by molar-refractivity contribution is -0.116. The smallest absolute Gasteiger partial charge is 0.226 e. The molecular formula is C14H15ClN2OS. The molecule has 0 radical (unpaired) electrons. The number of anilines is 1. The predicted molar refractivity (Wildman–Crippen MR) is 80.7 cm³/mol. The van der Waals surface area contributed by atoms with Gasteiger partial charge in [0.1, 0.15) is 0 Å². The standard InChI is InChI=1S/C14H15ClN2OS/c1-2-3-4-13(18)17-14-16-12(9-19-14)10-5-7-11(15)8-6-10/h5-9H,2-4H2,1H3,(H,16,17,18). The molecule has 100 valence electrons. The van der Waals surface area contributed by atoms with E-state index in [4.69, 9.17) is 11.6 Å². The Bertz CT molecular complexity index is 551. The Morgan fingerprint density at radius 1 is 1.37 bits per heavy atom. The van der Waals surface area contributed by atoms with Gasteiger partial charge in [0.2, 0.25) is 5.91 Å². The summed E-state index contributed by atoms with van der Waals surface area (Å²) in [6.45, 7) is 2.06. The van der Waals surface area contributed by atoms with Gasteiger partial charge in [-0.3, -0.25) is 4.79 Å². The summed E-state index contributed by atoms with van der Waals surface area (Å²) in [5, 5.41) is 6.10. The van der Waals surface area contributed by atoms with E-state index in [2.05, 4.69) is 17.2 Å². The second-order valence-corrected chi connectivity index (χ2v) is 5.49. The number of rotatable bonds is 5. The highest BCUT2D eigenvalue weighted by molar-refractivity contribution is 7.14. The molecule has 3 nitrogen and oxygen atoms in total. The summed E-state index contributed by atoms with van der Waals surface area (Å²) in [4.78, 5) is 16.0. The number of benzene rings is 1. The van der Waals surface area contributed by atoms with Gasteiger partial charge in [0, 0.05) is 22.4 Å². The molecule has 1 heterocycles. The molecule has 1 amide bonds. The van der Waals surface area contributed by atoms with Gasteiger partial charge in [-0.15, -0.1) is 11.3 Å². The first-order valence-electron chi connectivity index (χ1n) is 6.20. The van der Waals surface area contributed by atoms with Crippen molar-refractivity contribution in [2.75, 3.05) is 5.32 Å². The van der Waals surface area contributed by atoms with Crippen molar-refractivity contribution in [2.24, 2.45) is 0 Å². The molecule has 0 unspecified atom stereocenters. The quantitative estimate of drug-likeness (QED) is 0.876. The van der Waals surface area contributed by atoms with Crippen LogP contribution in [-0.2, 0) is 4.79 Å². The number of amides is 1. The number of carbonyl (C=O) groups excluding carboxylic acids is 1. The molecule has 2 aromatic rings. The summed E-state index contributed by atoms with van der Waals surface area (Å²) < 4.78 is 0. The molecule has 0 aliphatic rings. The van der Waals surface area contributed by atoms with Gasteiger partial charge in [0.05, 0.1) is 5.69 Å². The molecule has 0 saturated carbocycles. The molecule has 1 N–H and O–H groups in total. The van der Waals surface area contributed by atoms with Crippen LogP contribution in [0.5, 0.6) is 0 Å². The Morgan fingerprint density at radius 3 is 2.79 bits per heavy atom. The lowest BCUT2D eigenvalue weighted by atomic mass is 10.2. The zero-order valence-corrected chi connectivity index (χ0v) is 12.2. The first-order chi connectivity index (χ1) is 9.19. The minimum Gasteiger partial charge on any atom is -0.302 e. The van der Waals surface area contributed by atoms with Gasteiger partial charge in [-0.2, -0.15) is 0 Å². The number of nitrogens with zero attached hydrogens (tertiary/aromatic N) is 1. The van der Waals surface area contributed by atoms with Crippen LogP contribution >= 0.6 is 22.9 Å². The van der Waals surface area contributed by atoms with Gasteiger partial charge in [0.15, 0.2) is 5.13 Å². The number of nitrogens with one attached hydrogen (secondary N) is 1. The summed E-state index contributed by atoms with van der Waals surface area (Å²) in [6.07, 6.45) is 2.47. The number of thiazole rings is 1. The van der Waals surface area contributed by atoms with Crippen molar-refractivity contribution >= 4 is 34.0 Å². The van der Waals surface area contributed by atoms with E-state index in [9.17, 15) is 4.79 Å². The third-order valence-corrected chi connectivity index (χ3v) is 3.66. The van der Waals surface area contributed by atoms with Crippen molar-refractivity contribution in [1.29, 1.82) is 0 Å². The van der Waals surface area contributed by atoms with Crippen LogP contribution in [0, 0.1) is 0 Å². The highest BCUT2D eigenvalue weighted by Gasteiger charge is 2.07. The molecule has 0 bridgehead atoms. The third kappa shape index (κ3) is 4.04. The molecule has 1 aromatic carbocycles. The summed E-state index contributed by atoms with van der Waals surface area (Å²) in [7, 11) is 0. The number of halogens is 1. The summed E-state index contributed by atoms with van der Waals surface area (Å²) in [5.41, 5.74) is 1.85. The fourth-order valence-electron chi connectivity index (χ4n) is 1.60. The molecule has 0 spiro atoms. The van der Waals surface area contributed by atoms with Crippen LogP contribution in [-0.4, -0.2) is 10.9 Å². The van der Waals surface area contributed by atoms with Crippen LogP contribution in [0.4, 0.5) is 5.13 Å². The van der Waals surface area contributed by atoms with E-state index < -0.39 is 0 Å². The van der Waals surface area contributed by atoms with Gasteiger partial charge < -0.3 is 5.32 Å². The van der Waals surface area contributed by atoms with Crippen molar-refractivity contribution in [3.05, 3.63) is 34.7 Å². The Morgan fingerprint density at radius 2 is 2.11 bits per heavy atom. The second kappa shape index (κ2) is 6.68. The van der Waals surface area contributed by atoms with Gasteiger partial charge in [-0.05, 0) is 18.6 Å². The monoisotopic (exact) mass is 294 g/mol. The highest BCUT2D eigenvalue weighted by Crippen LogP contribution is 2.26. The summed E-state index contributed by atoms with van der Waals surface area (Å²) in [5.74, 6) is 0.0267. The van der Waals surface area contributed by atoms with E-state index in [1.54, 1.807) is 0 Å². The number of hydrogen-bond donors (Lipinski definition) is 1. The molecule has 0 saturated heterocycles. The van der Waals surface area contributed by atoms with E-state index >= 15 is 0 Å². The number of aromatic nitrogens is 1. The lowest BCUT2D eigenvalue weighted by Gasteiger charge is -2.00. The van der Waals surface area contributed by atoms with E-state index in [1.807, 2.05) is 29.6 Å². The van der Waals surface area contributed by atoms with Crippen molar-refractivity contribution < 1.29 is 4.79 Å². The van der Waals surface area contributed by atoms with E-state index in [1.165, 1.54) is 11.3 Å². The Kier molecular flexibility index (Phi) is 4.93. The predicted octanol–water partition coefficient (Wildman–Crippen LogP) is 4.59. The minimum atomic E-state index is 0.0267. The van der Waals surface area contributed by atoms with E-state index in [0.717, 1.165) is 24.1 Å². The Balaban J connectivity index is 2.02. The van der Waals surface area contributed by atoms with Gasteiger partial charge in [-0.25, -0.2) is 4.98 Å². The minimum absolute atomic E-state index is 0.0267. The van der Waals surface area contributed by atoms with Crippen LogP contribution in [0.2, 0.25) is 5.02 Å². The van der Waals surface area contributed by atoms with Crippen LogP contribution < -0.4 is 5.32 Å². The summed E-state index contributed by atoms with van der Waals surface area (Å²) >= 11 is 7.28. The Labute approximate surface area is 121 Å². The van der Waals surface area contributed by atoms with Gasteiger partial charge >= 0.3 is 0 Å². The number of carbonyl (C=O) groups is 1. The van der Waals surface area contributed by atoms with Crippen LogP contribution in [0.3, 0.4) is 0 Å². The molecule has 0 fully saturated rings. The average molecular weight is 295 g/mol. The first-order valence-corrected chi connectivity index (χ1v) is 7.46. The highest BCUT2D eigenvalue weighted by atomic mass is 35.5. The third-order valence-electron chi connectivity index (χ3n) is 2.65. The van der Waals surface area contributed by atoms with Crippen LogP contribution in [0.15, 0.2) is 29.6 Å². The van der Waals surface area contributed by atoms with E-state index in [-0.39, 0.29) is 5.91 Å². The lowest BCUT2D eigenvalue weighted by Crippen LogP contribution is -2.10. The number of hydrogen-bond acceptors (Lipinski definition) is 3. The molecular weight excluding hydrogens is 280 g/mol.